The summed E-state index contributed by atoms with van der Waals surface area (Å²) in [5, 5.41) is 12.6. The van der Waals surface area contributed by atoms with Crippen LogP contribution < -0.4 is 0 Å². The van der Waals surface area contributed by atoms with Gasteiger partial charge in [-0.2, -0.15) is 0 Å². The summed E-state index contributed by atoms with van der Waals surface area (Å²) in [5.41, 5.74) is 0.851. The third-order valence-corrected chi connectivity index (χ3v) is 3.74. The van der Waals surface area contributed by atoms with Crippen LogP contribution in [-0.2, 0) is 7.05 Å². The minimum atomic E-state index is -0.701. The van der Waals surface area contributed by atoms with E-state index < -0.39 is 6.10 Å². The molecule has 0 aliphatic rings. The number of aromatic nitrogens is 2. The van der Waals surface area contributed by atoms with Gasteiger partial charge >= 0.3 is 0 Å². The number of imidazole rings is 1. The fourth-order valence-electron chi connectivity index (χ4n) is 2.19. The summed E-state index contributed by atoms with van der Waals surface area (Å²) in [5.74, 6) is 0.650. The Morgan fingerprint density at radius 1 is 1.16 bits per heavy atom. The summed E-state index contributed by atoms with van der Waals surface area (Å²) in [6, 6.07) is 12.1. The molecule has 1 heterocycles. The first-order valence-electron chi connectivity index (χ1n) is 5.99. The lowest BCUT2D eigenvalue weighted by Crippen LogP contribution is -2.06. The van der Waals surface area contributed by atoms with Gasteiger partial charge in [-0.3, -0.25) is 0 Å². The molecule has 1 atom stereocenters. The molecule has 0 saturated carbocycles. The van der Waals surface area contributed by atoms with Crippen LogP contribution >= 0.6 is 15.9 Å². The van der Waals surface area contributed by atoms with E-state index in [0.717, 1.165) is 20.8 Å². The Bertz CT molecular complexity index is 736. The Morgan fingerprint density at radius 2 is 1.89 bits per heavy atom. The van der Waals surface area contributed by atoms with E-state index in [1.165, 1.54) is 0 Å². The number of rotatable bonds is 2. The highest BCUT2D eigenvalue weighted by Gasteiger charge is 2.14. The quantitative estimate of drug-likeness (QED) is 0.786. The Morgan fingerprint density at radius 3 is 2.63 bits per heavy atom. The van der Waals surface area contributed by atoms with Gasteiger partial charge < -0.3 is 9.67 Å². The number of halogens is 1. The van der Waals surface area contributed by atoms with Gasteiger partial charge in [0.1, 0.15) is 11.9 Å². The monoisotopic (exact) mass is 316 g/mol. The van der Waals surface area contributed by atoms with Gasteiger partial charge in [-0.05, 0) is 34.5 Å². The number of benzene rings is 2. The number of nitrogens with zero attached hydrogens (tertiary/aromatic N) is 2. The predicted octanol–water partition coefficient (Wildman–Crippen LogP) is 3.42. The van der Waals surface area contributed by atoms with Gasteiger partial charge in [-0.25, -0.2) is 4.98 Å². The molecule has 2 aromatic carbocycles. The number of aliphatic hydroxyl groups is 1. The maximum atomic E-state index is 10.4. The van der Waals surface area contributed by atoms with Crippen molar-refractivity contribution in [3.63, 3.8) is 0 Å². The molecule has 1 unspecified atom stereocenters. The van der Waals surface area contributed by atoms with E-state index in [1.54, 1.807) is 6.20 Å². The molecular formula is C15H13BrN2O. The molecule has 1 N–H and O–H groups in total. The molecule has 0 aliphatic heterocycles. The Kier molecular flexibility index (Phi) is 3.12. The minimum Gasteiger partial charge on any atom is -0.380 e. The highest BCUT2D eigenvalue weighted by molar-refractivity contribution is 9.10. The lowest BCUT2D eigenvalue weighted by Gasteiger charge is -2.12. The van der Waals surface area contributed by atoms with Crippen molar-refractivity contribution in [3.05, 3.63) is 64.7 Å². The molecule has 0 aliphatic carbocycles. The van der Waals surface area contributed by atoms with Gasteiger partial charge in [-0.1, -0.05) is 34.1 Å². The first-order chi connectivity index (χ1) is 9.15. The number of hydrogen-bond acceptors (Lipinski definition) is 2. The van der Waals surface area contributed by atoms with Gasteiger partial charge in [-0.15, -0.1) is 0 Å². The van der Waals surface area contributed by atoms with Crippen molar-refractivity contribution in [2.45, 2.75) is 6.10 Å². The van der Waals surface area contributed by atoms with Crippen LogP contribution in [-0.4, -0.2) is 14.7 Å². The van der Waals surface area contributed by atoms with Crippen LogP contribution in [0.15, 0.2) is 53.3 Å². The number of fused-ring (bicyclic) bond motifs is 1. The Hall–Kier alpha value is -1.65. The smallest absolute Gasteiger partial charge is 0.142 e. The molecule has 1 aromatic heterocycles. The van der Waals surface area contributed by atoms with Gasteiger partial charge in [0.2, 0.25) is 0 Å². The van der Waals surface area contributed by atoms with E-state index in [9.17, 15) is 5.11 Å². The van der Waals surface area contributed by atoms with Crippen LogP contribution in [0, 0.1) is 0 Å². The van der Waals surface area contributed by atoms with Crippen molar-refractivity contribution in [1.82, 2.24) is 9.55 Å². The SMILES string of the molecule is Cn1ccnc1C(O)c1ccc2cc(Br)ccc2c1. The highest BCUT2D eigenvalue weighted by atomic mass is 79.9. The van der Waals surface area contributed by atoms with Crippen molar-refractivity contribution < 1.29 is 5.11 Å². The van der Waals surface area contributed by atoms with E-state index >= 15 is 0 Å². The molecule has 0 radical (unpaired) electrons. The minimum absolute atomic E-state index is 0.650. The molecule has 19 heavy (non-hydrogen) atoms. The van der Waals surface area contributed by atoms with E-state index in [-0.39, 0.29) is 0 Å². The van der Waals surface area contributed by atoms with Crippen LogP contribution in [0.1, 0.15) is 17.5 Å². The average molecular weight is 317 g/mol. The molecule has 3 rings (SSSR count). The molecular weight excluding hydrogens is 304 g/mol. The Balaban J connectivity index is 2.06. The molecule has 0 bridgehead atoms. The lowest BCUT2D eigenvalue weighted by molar-refractivity contribution is 0.206. The highest BCUT2D eigenvalue weighted by Crippen LogP contribution is 2.26. The Labute approximate surface area is 119 Å². The summed E-state index contributed by atoms with van der Waals surface area (Å²) < 4.78 is 2.88. The normalized spacial score (nSPS) is 12.8. The first kappa shape index (κ1) is 12.4. The zero-order chi connectivity index (χ0) is 13.4. The average Bonchev–Trinajstić information content (AvgIpc) is 2.83. The third kappa shape index (κ3) is 2.29. The van der Waals surface area contributed by atoms with E-state index in [1.807, 2.05) is 48.1 Å². The molecule has 0 spiro atoms. The first-order valence-corrected chi connectivity index (χ1v) is 6.79. The largest absolute Gasteiger partial charge is 0.380 e. The van der Waals surface area contributed by atoms with Crippen LogP contribution in [0.25, 0.3) is 10.8 Å². The maximum Gasteiger partial charge on any atom is 0.142 e. The zero-order valence-corrected chi connectivity index (χ0v) is 12.0. The van der Waals surface area contributed by atoms with Crippen LogP contribution in [0.4, 0.5) is 0 Å². The third-order valence-electron chi connectivity index (χ3n) is 3.25. The summed E-state index contributed by atoms with van der Waals surface area (Å²) >= 11 is 3.46. The summed E-state index contributed by atoms with van der Waals surface area (Å²) in [4.78, 5) is 4.19. The fourth-order valence-corrected chi connectivity index (χ4v) is 2.57. The summed E-state index contributed by atoms with van der Waals surface area (Å²) in [6.07, 6.45) is 2.82. The van der Waals surface area contributed by atoms with Crippen molar-refractivity contribution >= 4 is 26.7 Å². The second-order valence-corrected chi connectivity index (χ2v) is 5.47. The van der Waals surface area contributed by atoms with Crippen LogP contribution in [0.2, 0.25) is 0 Å². The standard InChI is InChI=1S/C15H13BrN2O/c1-18-7-6-17-15(18)14(19)12-3-2-11-9-13(16)5-4-10(11)8-12/h2-9,14,19H,1H3. The van der Waals surface area contributed by atoms with Crippen LogP contribution in [0.5, 0.6) is 0 Å². The molecule has 3 nitrogen and oxygen atoms in total. The van der Waals surface area contributed by atoms with Gasteiger partial charge in [0, 0.05) is 23.9 Å². The van der Waals surface area contributed by atoms with Gasteiger partial charge in [0.25, 0.3) is 0 Å². The van der Waals surface area contributed by atoms with E-state index in [0.29, 0.717) is 5.82 Å². The number of aliphatic hydroxyl groups excluding tert-OH is 1. The zero-order valence-electron chi connectivity index (χ0n) is 10.4. The molecule has 0 fully saturated rings. The molecule has 4 heteroatoms. The fraction of sp³-hybridized carbons (Fsp3) is 0.133. The van der Waals surface area contributed by atoms with Crippen molar-refractivity contribution in [3.8, 4) is 0 Å². The number of aryl methyl sites for hydroxylation is 1. The second kappa shape index (κ2) is 4.79. The topological polar surface area (TPSA) is 38.0 Å². The van der Waals surface area contributed by atoms with Crippen LogP contribution in [0.3, 0.4) is 0 Å². The van der Waals surface area contributed by atoms with Gasteiger partial charge in [0.15, 0.2) is 0 Å². The molecule has 96 valence electrons. The lowest BCUT2D eigenvalue weighted by atomic mass is 10.0. The summed E-state index contributed by atoms with van der Waals surface area (Å²) in [6.45, 7) is 0. The maximum absolute atomic E-state index is 10.4. The molecule has 3 aromatic rings. The molecule has 0 amide bonds. The second-order valence-electron chi connectivity index (χ2n) is 4.55. The molecule has 0 saturated heterocycles. The van der Waals surface area contributed by atoms with Crippen molar-refractivity contribution in [2.75, 3.05) is 0 Å². The van der Waals surface area contributed by atoms with E-state index in [4.69, 9.17) is 0 Å². The summed E-state index contributed by atoms with van der Waals surface area (Å²) in [7, 11) is 1.88. The van der Waals surface area contributed by atoms with Crippen molar-refractivity contribution in [1.29, 1.82) is 0 Å². The van der Waals surface area contributed by atoms with Crippen molar-refractivity contribution in [2.24, 2.45) is 7.05 Å². The van der Waals surface area contributed by atoms with E-state index in [2.05, 4.69) is 27.0 Å². The van der Waals surface area contributed by atoms with Gasteiger partial charge in [0.05, 0.1) is 0 Å². The number of hydrogen-bond donors (Lipinski definition) is 1. The predicted molar refractivity (Wildman–Crippen MR) is 78.9 cm³/mol.